The van der Waals surface area contributed by atoms with Crippen LogP contribution in [0.5, 0.6) is 0 Å². The minimum Gasteiger partial charge on any atom is -0.377 e. The van der Waals surface area contributed by atoms with Crippen LogP contribution in [-0.4, -0.2) is 71.5 Å². The molecular weight excluding hydrogens is 468 g/mol. The highest BCUT2D eigenvalue weighted by molar-refractivity contribution is 7.91. The van der Waals surface area contributed by atoms with Crippen molar-refractivity contribution in [3.05, 3.63) is 29.7 Å². The van der Waals surface area contributed by atoms with Crippen molar-refractivity contribution >= 4 is 21.3 Å². The predicted octanol–water partition coefficient (Wildman–Crippen LogP) is 2.86. The maximum atomic E-state index is 12.9. The Morgan fingerprint density at radius 1 is 1.14 bits per heavy atom. The van der Waals surface area contributed by atoms with Crippen LogP contribution in [0.1, 0.15) is 56.5 Å². The molecule has 0 bridgehead atoms. The van der Waals surface area contributed by atoms with Crippen LogP contribution in [0.25, 0.3) is 16.9 Å². The topological polar surface area (TPSA) is 104 Å². The first kappa shape index (κ1) is 22.9. The van der Waals surface area contributed by atoms with E-state index in [0.717, 1.165) is 48.5 Å². The molecule has 11 heteroatoms. The summed E-state index contributed by atoms with van der Waals surface area (Å²) in [5.41, 5.74) is 4.09. The first-order valence-corrected chi connectivity index (χ1v) is 14.3. The maximum Gasteiger partial charge on any atom is 0.167 e. The van der Waals surface area contributed by atoms with Gasteiger partial charge >= 0.3 is 0 Å². The van der Waals surface area contributed by atoms with E-state index in [1.54, 1.807) is 10.7 Å². The third kappa shape index (κ3) is 3.66. The number of hydrogen-bond acceptors (Lipinski definition) is 8. The summed E-state index contributed by atoms with van der Waals surface area (Å²) < 4.78 is 40.3. The zero-order valence-corrected chi connectivity index (χ0v) is 21.3. The standard InChI is InChI=1S/C24H32N6O4S/c1-16-13-25-30(21-6-4-5-10-34-21)22(16)18-14-26-29-19(24(7-8-24)35(3,31)32)12-20(27-23(18)29)28-9-11-33-15-17(28)2/h12-14,17,21H,4-11,15H2,1-3H3/t17-,21?/m1/s1. The number of hydrogen-bond donors (Lipinski definition) is 0. The highest BCUT2D eigenvalue weighted by Gasteiger charge is 2.56. The van der Waals surface area contributed by atoms with Gasteiger partial charge in [-0.05, 0) is 51.5 Å². The summed E-state index contributed by atoms with van der Waals surface area (Å²) in [5, 5.41) is 9.34. The molecule has 3 fully saturated rings. The fraction of sp³-hybridized carbons (Fsp3) is 0.625. The summed E-state index contributed by atoms with van der Waals surface area (Å²) in [4.78, 5) is 7.28. The van der Waals surface area contributed by atoms with Crippen molar-refractivity contribution in [2.75, 3.05) is 37.5 Å². The van der Waals surface area contributed by atoms with Gasteiger partial charge in [0.25, 0.3) is 0 Å². The van der Waals surface area contributed by atoms with Crippen molar-refractivity contribution in [2.45, 2.75) is 63.0 Å². The largest absolute Gasteiger partial charge is 0.377 e. The molecule has 0 spiro atoms. The third-order valence-electron chi connectivity index (χ3n) is 7.66. The van der Waals surface area contributed by atoms with Crippen molar-refractivity contribution in [3.63, 3.8) is 0 Å². The fourth-order valence-corrected chi connectivity index (χ4v) is 6.87. The maximum absolute atomic E-state index is 12.9. The van der Waals surface area contributed by atoms with E-state index in [4.69, 9.17) is 19.6 Å². The summed E-state index contributed by atoms with van der Waals surface area (Å²) in [6.07, 6.45) is 9.07. The molecule has 2 atom stereocenters. The number of anilines is 1. The molecule has 0 N–H and O–H groups in total. The van der Waals surface area contributed by atoms with Gasteiger partial charge in [0.2, 0.25) is 0 Å². The molecule has 2 aliphatic heterocycles. The second-order valence-electron chi connectivity index (χ2n) is 10.1. The average molecular weight is 501 g/mol. The smallest absolute Gasteiger partial charge is 0.167 e. The number of morpholine rings is 1. The summed E-state index contributed by atoms with van der Waals surface area (Å²) >= 11 is 0. The minimum atomic E-state index is -3.34. The Hall–Kier alpha value is -2.50. The normalized spacial score (nSPS) is 24.7. The molecule has 0 amide bonds. The van der Waals surface area contributed by atoms with E-state index in [1.165, 1.54) is 6.26 Å². The first-order chi connectivity index (χ1) is 16.8. The molecule has 2 saturated heterocycles. The monoisotopic (exact) mass is 500 g/mol. The number of sulfone groups is 1. The van der Waals surface area contributed by atoms with Gasteiger partial charge in [-0.2, -0.15) is 10.2 Å². The summed E-state index contributed by atoms with van der Waals surface area (Å²) in [6.45, 7) is 6.77. The highest BCUT2D eigenvalue weighted by atomic mass is 32.2. The molecule has 1 unspecified atom stereocenters. The van der Waals surface area contributed by atoms with Crippen molar-refractivity contribution in [1.82, 2.24) is 24.4 Å². The summed E-state index contributed by atoms with van der Waals surface area (Å²) in [6, 6.07) is 2.06. The lowest BCUT2D eigenvalue weighted by Crippen LogP contribution is -2.44. The third-order valence-corrected chi connectivity index (χ3v) is 9.70. The van der Waals surface area contributed by atoms with E-state index in [0.29, 0.717) is 43.9 Å². The van der Waals surface area contributed by atoms with E-state index >= 15 is 0 Å². The van der Waals surface area contributed by atoms with Crippen LogP contribution in [0.2, 0.25) is 0 Å². The van der Waals surface area contributed by atoms with Gasteiger partial charge in [-0.15, -0.1) is 0 Å². The molecule has 5 heterocycles. The lowest BCUT2D eigenvalue weighted by molar-refractivity contribution is -0.0383. The SMILES string of the molecule is Cc1cnn(C2CCCCO2)c1-c1cnn2c(C3(S(C)(=O)=O)CC3)cc(N3CCOC[C@H]3C)nc12. The molecule has 10 nitrogen and oxygen atoms in total. The first-order valence-electron chi connectivity index (χ1n) is 12.4. The van der Waals surface area contributed by atoms with Gasteiger partial charge in [0.05, 0.1) is 48.6 Å². The Labute approximate surface area is 205 Å². The Morgan fingerprint density at radius 3 is 2.66 bits per heavy atom. The van der Waals surface area contributed by atoms with Gasteiger partial charge < -0.3 is 14.4 Å². The van der Waals surface area contributed by atoms with Crippen LogP contribution in [0.3, 0.4) is 0 Å². The Bertz CT molecular complexity index is 1370. The number of nitrogens with zero attached hydrogens (tertiary/aromatic N) is 6. The van der Waals surface area contributed by atoms with Crippen LogP contribution >= 0.6 is 0 Å². The van der Waals surface area contributed by atoms with Crippen molar-refractivity contribution in [3.8, 4) is 11.3 Å². The zero-order valence-electron chi connectivity index (χ0n) is 20.5. The van der Waals surface area contributed by atoms with Gasteiger partial charge in [-0.25, -0.2) is 22.6 Å². The van der Waals surface area contributed by atoms with Crippen molar-refractivity contribution in [1.29, 1.82) is 0 Å². The van der Waals surface area contributed by atoms with Crippen LogP contribution in [0.15, 0.2) is 18.5 Å². The second kappa shape index (κ2) is 8.28. The van der Waals surface area contributed by atoms with Crippen LogP contribution < -0.4 is 4.90 Å². The van der Waals surface area contributed by atoms with Gasteiger partial charge in [0.15, 0.2) is 21.7 Å². The number of fused-ring (bicyclic) bond motifs is 1. The van der Waals surface area contributed by atoms with Crippen molar-refractivity contribution in [2.24, 2.45) is 0 Å². The van der Waals surface area contributed by atoms with E-state index < -0.39 is 14.6 Å². The van der Waals surface area contributed by atoms with E-state index in [-0.39, 0.29) is 12.3 Å². The number of aromatic nitrogens is 5. The lowest BCUT2D eigenvalue weighted by Gasteiger charge is -2.34. The number of aryl methyl sites for hydroxylation is 1. The molecule has 3 aliphatic rings. The van der Waals surface area contributed by atoms with Gasteiger partial charge in [-0.1, -0.05) is 0 Å². The fourth-order valence-electron chi connectivity index (χ4n) is 5.51. The van der Waals surface area contributed by atoms with Crippen molar-refractivity contribution < 1.29 is 17.9 Å². The molecular formula is C24H32N6O4S. The van der Waals surface area contributed by atoms with Crippen LogP contribution in [0, 0.1) is 6.92 Å². The Balaban J connectivity index is 1.57. The quantitative estimate of drug-likeness (QED) is 0.527. The zero-order chi connectivity index (χ0) is 24.4. The molecule has 6 rings (SSSR count). The molecule has 35 heavy (non-hydrogen) atoms. The number of ether oxygens (including phenoxy) is 2. The molecule has 188 valence electrons. The average Bonchev–Trinajstić information content (AvgIpc) is 3.44. The molecule has 1 aliphatic carbocycles. The van der Waals surface area contributed by atoms with E-state index in [1.807, 2.05) is 23.9 Å². The Morgan fingerprint density at radius 2 is 1.97 bits per heavy atom. The molecule has 0 radical (unpaired) electrons. The van der Waals surface area contributed by atoms with Gasteiger partial charge in [0.1, 0.15) is 10.6 Å². The molecule has 3 aromatic heterocycles. The molecule has 3 aromatic rings. The van der Waals surface area contributed by atoms with Gasteiger partial charge in [-0.3, -0.25) is 0 Å². The minimum absolute atomic E-state index is 0.130. The lowest BCUT2D eigenvalue weighted by atomic mass is 10.1. The molecule has 1 saturated carbocycles. The van der Waals surface area contributed by atoms with E-state index in [9.17, 15) is 8.42 Å². The van der Waals surface area contributed by atoms with Crippen LogP contribution in [-0.2, 0) is 24.1 Å². The number of rotatable bonds is 5. The predicted molar refractivity (Wildman–Crippen MR) is 131 cm³/mol. The molecule has 0 aromatic carbocycles. The highest BCUT2D eigenvalue weighted by Crippen LogP contribution is 2.53. The second-order valence-corrected chi connectivity index (χ2v) is 12.4. The van der Waals surface area contributed by atoms with Gasteiger partial charge in [0, 0.05) is 25.5 Å². The Kier molecular flexibility index (Phi) is 5.42. The van der Waals surface area contributed by atoms with E-state index in [2.05, 4.69) is 16.9 Å². The summed E-state index contributed by atoms with van der Waals surface area (Å²) in [5.74, 6) is 0.762. The summed E-state index contributed by atoms with van der Waals surface area (Å²) in [7, 11) is -3.34. The van der Waals surface area contributed by atoms with Crippen LogP contribution in [0.4, 0.5) is 5.82 Å².